The van der Waals surface area contributed by atoms with Gasteiger partial charge in [0.2, 0.25) is 0 Å². The third kappa shape index (κ3) is 3.97. The Kier molecular flexibility index (Phi) is 6.16. The van der Waals surface area contributed by atoms with Gasteiger partial charge in [-0.2, -0.15) is 4.31 Å². The van der Waals surface area contributed by atoms with Crippen molar-refractivity contribution in [2.24, 2.45) is 0 Å². The largest absolute Gasteiger partial charge is 1.00 e. The van der Waals surface area contributed by atoms with Gasteiger partial charge in [0.15, 0.2) is 10.3 Å². The minimum Gasteiger partial charge on any atom is -0.735 e. The zero-order valence-corrected chi connectivity index (χ0v) is 11.6. The standard InChI is InChI=1S/C12H19NO3S.Li/c14-17(15,16)13(11-7-3-1-4-8-11)12-9-5-2-6-10-12;/h3,5,7,9,11-12H,1-2,4,6,8,10H2,(H,14,15,16);/q;+1/p-1. The van der Waals surface area contributed by atoms with Crippen LogP contribution in [0.25, 0.3) is 0 Å². The van der Waals surface area contributed by atoms with Crippen LogP contribution in [0.15, 0.2) is 24.3 Å². The van der Waals surface area contributed by atoms with Gasteiger partial charge in [-0.15, -0.1) is 0 Å². The molecule has 0 heterocycles. The Bertz CT molecular complexity index is 395. The molecule has 6 heteroatoms. The first kappa shape index (κ1) is 16.0. The smallest absolute Gasteiger partial charge is 0.735 e. The fraction of sp³-hybridized carbons (Fsp3) is 0.667. The fourth-order valence-corrected chi connectivity index (χ4v) is 3.61. The van der Waals surface area contributed by atoms with E-state index in [2.05, 4.69) is 0 Å². The van der Waals surface area contributed by atoms with Crippen LogP contribution < -0.4 is 18.9 Å². The van der Waals surface area contributed by atoms with Crippen LogP contribution in [0.3, 0.4) is 0 Å². The number of rotatable bonds is 3. The molecule has 2 aliphatic rings. The third-order valence-electron chi connectivity index (χ3n) is 3.37. The predicted octanol–water partition coefficient (Wildman–Crippen LogP) is -1.03. The maximum Gasteiger partial charge on any atom is 1.00 e. The van der Waals surface area contributed by atoms with Crippen molar-refractivity contribution in [3.05, 3.63) is 24.3 Å². The molecule has 0 fully saturated rings. The molecule has 0 radical (unpaired) electrons. The van der Waals surface area contributed by atoms with E-state index in [1.165, 1.54) is 0 Å². The van der Waals surface area contributed by atoms with Gasteiger partial charge in [0, 0.05) is 12.1 Å². The Morgan fingerprint density at radius 3 is 1.72 bits per heavy atom. The summed E-state index contributed by atoms with van der Waals surface area (Å²) in [5, 5.41) is 0. The Morgan fingerprint density at radius 2 is 1.44 bits per heavy atom. The molecule has 0 bridgehead atoms. The Morgan fingerprint density at radius 1 is 1.00 bits per heavy atom. The van der Waals surface area contributed by atoms with Crippen LogP contribution in [0.4, 0.5) is 0 Å². The summed E-state index contributed by atoms with van der Waals surface area (Å²) in [7, 11) is -4.38. The summed E-state index contributed by atoms with van der Waals surface area (Å²) in [5.74, 6) is 0. The molecule has 0 saturated carbocycles. The van der Waals surface area contributed by atoms with Gasteiger partial charge < -0.3 is 4.55 Å². The van der Waals surface area contributed by atoms with Crippen LogP contribution in [0.2, 0.25) is 0 Å². The molecule has 0 aromatic rings. The maximum atomic E-state index is 11.4. The molecule has 0 saturated heterocycles. The summed E-state index contributed by atoms with van der Waals surface area (Å²) in [4.78, 5) is 0. The molecule has 0 aromatic heterocycles. The zero-order chi connectivity index (χ0) is 12.3. The van der Waals surface area contributed by atoms with E-state index in [0.29, 0.717) is 0 Å². The first-order valence-corrected chi connectivity index (χ1v) is 7.53. The third-order valence-corrected chi connectivity index (χ3v) is 4.43. The number of hydrogen-bond acceptors (Lipinski definition) is 3. The molecule has 18 heavy (non-hydrogen) atoms. The van der Waals surface area contributed by atoms with Crippen molar-refractivity contribution in [3.8, 4) is 0 Å². The summed E-state index contributed by atoms with van der Waals surface area (Å²) in [6.45, 7) is 0. The molecular formula is C12H18LiNO3S. The van der Waals surface area contributed by atoms with Gasteiger partial charge in [-0.1, -0.05) is 24.3 Å². The van der Waals surface area contributed by atoms with Crippen molar-refractivity contribution < 1.29 is 31.8 Å². The normalized spacial score (nSPS) is 28.1. The SMILES string of the molecule is O=S(=O)([O-])N(C1C=CCCC1)C1C=CCCC1.[Li+]. The van der Waals surface area contributed by atoms with Crippen LogP contribution >= 0.6 is 0 Å². The van der Waals surface area contributed by atoms with Gasteiger partial charge in [-0.25, -0.2) is 8.42 Å². The summed E-state index contributed by atoms with van der Waals surface area (Å²) in [6, 6.07) is -0.502. The van der Waals surface area contributed by atoms with Crippen molar-refractivity contribution in [1.82, 2.24) is 4.31 Å². The monoisotopic (exact) mass is 263 g/mol. The quantitative estimate of drug-likeness (QED) is 0.372. The Balaban J connectivity index is 0.00000162. The first-order valence-electron chi connectivity index (χ1n) is 6.17. The molecule has 2 atom stereocenters. The minimum atomic E-state index is -4.38. The molecule has 0 N–H and O–H groups in total. The summed E-state index contributed by atoms with van der Waals surface area (Å²) >= 11 is 0. The average Bonchev–Trinajstić information content (AvgIpc) is 2.30. The van der Waals surface area contributed by atoms with E-state index in [0.717, 1.165) is 42.8 Å². The van der Waals surface area contributed by atoms with E-state index >= 15 is 0 Å². The topological polar surface area (TPSA) is 60.4 Å². The van der Waals surface area contributed by atoms with Crippen LogP contribution in [0.5, 0.6) is 0 Å². The number of nitrogens with zero attached hydrogens (tertiary/aromatic N) is 1. The number of allylic oxidation sites excluding steroid dienone is 2. The molecule has 0 spiro atoms. The van der Waals surface area contributed by atoms with Crippen molar-refractivity contribution >= 4 is 10.3 Å². The second-order valence-corrected chi connectivity index (χ2v) is 5.92. The fourth-order valence-electron chi connectivity index (χ4n) is 2.59. The molecule has 2 rings (SSSR count). The van der Waals surface area contributed by atoms with E-state index in [1.54, 1.807) is 0 Å². The second kappa shape index (κ2) is 6.93. The van der Waals surface area contributed by atoms with Crippen molar-refractivity contribution in [2.75, 3.05) is 0 Å². The van der Waals surface area contributed by atoms with Crippen molar-refractivity contribution in [2.45, 2.75) is 50.6 Å². The summed E-state index contributed by atoms with van der Waals surface area (Å²) in [5.41, 5.74) is 0. The van der Waals surface area contributed by atoms with Gasteiger partial charge in [-0.05, 0) is 38.5 Å². The van der Waals surface area contributed by atoms with E-state index in [-0.39, 0.29) is 30.9 Å². The van der Waals surface area contributed by atoms with Gasteiger partial charge in [0.25, 0.3) is 0 Å². The molecule has 2 unspecified atom stereocenters. The first-order chi connectivity index (χ1) is 8.09. The molecule has 0 aromatic carbocycles. The van der Waals surface area contributed by atoms with Gasteiger partial charge in [-0.3, -0.25) is 0 Å². The van der Waals surface area contributed by atoms with Crippen LogP contribution in [0, 0.1) is 0 Å². The van der Waals surface area contributed by atoms with E-state index in [1.807, 2.05) is 24.3 Å². The van der Waals surface area contributed by atoms with E-state index in [4.69, 9.17) is 0 Å². The van der Waals surface area contributed by atoms with Gasteiger partial charge >= 0.3 is 18.9 Å². The molecule has 96 valence electrons. The summed E-state index contributed by atoms with van der Waals surface area (Å²) < 4.78 is 35.4. The zero-order valence-electron chi connectivity index (χ0n) is 10.8. The molecule has 4 nitrogen and oxygen atoms in total. The Labute approximate surface area is 121 Å². The average molecular weight is 263 g/mol. The van der Waals surface area contributed by atoms with Crippen LogP contribution in [-0.4, -0.2) is 29.4 Å². The van der Waals surface area contributed by atoms with Gasteiger partial charge in [0.1, 0.15) is 0 Å². The molecule has 0 amide bonds. The predicted molar refractivity (Wildman–Crippen MR) is 65.1 cm³/mol. The van der Waals surface area contributed by atoms with Crippen LogP contribution in [-0.2, 0) is 10.3 Å². The van der Waals surface area contributed by atoms with Crippen molar-refractivity contribution in [1.29, 1.82) is 0 Å². The van der Waals surface area contributed by atoms with Crippen LogP contribution in [0.1, 0.15) is 38.5 Å². The minimum absolute atomic E-state index is 0. The summed E-state index contributed by atoms with van der Waals surface area (Å²) in [6.07, 6.45) is 13.0. The second-order valence-electron chi connectivity index (χ2n) is 4.64. The number of hydrogen-bond donors (Lipinski definition) is 0. The maximum absolute atomic E-state index is 11.4. The van der Waals surface area contributed by atoms with E-state index in [9.17, 15) is 13.0 Å². The molecule has 2 aliphatic carbocycles. The van der Waals surface area contributed by atoms with E-state index < -0.39 is 10.3 Å². The Hall–Kier alpha value is -0.0526. The molecular weight excluding hydrogens is 245 g/mol. The molecule has 0 aliphatic heterocycles. The van der Waals surface area contributed by atoms with Gasteiger partial charge in [0.05, 0.1) is 0 Å². The van der Waals surface area contributed by atoms with Crippen molar-refractivity contribution in [3.63, 3.8) is 0 Å².